The summed E-state index contributed by atoms with van der Waals surface area (Å²) in [4.78, 5) is 44.6. The number of nitrogens with one attached hydrogen (secondary N) is 1. The van der Waals surface area contributed by atoms with Crippen molar-refractivity contribution in [2.45, 2.75) is 377 Å². The number of ether oxygens (including phenoxy) is 12. The molecule has 698 valence electrons. The zero-order chi connectivity index (χ0) is 91.2. The number of amides is 1. The van der Waals surface area contributed by atoms with Crippen molar-refractivity contribution in [2.75, 3.05) is 28.4 Å². The third-order valence-corrected chi connectivity index (χ3v) is 49.3. The Morgan fingerprint density at radius 2 is 0.952 bits per heavy atom. The number of carbonyl (C=O) groups excluding carboxylic acids is 3. The first kappa shape index (κ1) is 105. The second-order valence-electron chi connectivity index (χ2n) is 36.7. The molecule has 3 aromatic carbocycles. The van der Waals surface area contributed by atoms with Gasteiger partial charge in [-0.15, -0.1) is 0 Å². The van der Waals surface area contributed by atoms with E-state index in [4.69, 9.17) is 74.5 Å². The molecule has 5 aliphatic heterocycles. The molecular formula is C101H159NO19Si4. The maximum absolute atomic E-state index is 15.3. The van der Waals surface area contributed by atoms with Crippen molar-refractivity contribution in [3.05, 3.63) is 181 Å². The zero-order valence-electron chi connectivity index (χ0n) is 80.4. The molecule has 0 aromatic heterocycles. The van der Waals surface area contributed by atoms with E-state index in [1.54, 1.807) is 21.3 Å². The van der Waals surface area contributed by atoms with E-state index in [1.807, 2.05) is 166 Å². The number of rotatable bonds is 31. The van der Waals surface area contributed by atoms with Crippen molar-refractivity contribution in [2.24, 2.45) is 17.8 Å². The number of hydrogen-bond donors (Lipinski definition) is 1. The van der Waals surface area contributed by atoms with Crippen LogP contribution in [0.25, 0.3) is 0 Å². The van der Waals surface area contributed by atoms with Gasteiger partial charge in [0.1, 0.15) is 23.5 Å². The fourth-order valence-corrected chi connectivity index (χ4v) is 34.2. The summed E-state index contributed by atoms with van der Waals surface area (Å²) in [6.07, 6.45) is 21.4. The number of carbonyl (C=O) groups is 3. The lowest BCUT2D eigenvalue weighted by Gasteiger charge is -2.52. The molecule has 0 aliphatic carbocycles. The molecule has 0 spiro atoms. The number of fused-ring (bicyclic) bond motifs is 6. The Hall–Kier alpha value is -5.76. The molecule has 20 nitrogen and oxygen atoms in total. The quantitative estimate of drug-likeness (QED) is 0.0469. The minimum absolute atomic E-state index is 0.00186. The molecule has 2 unspecified atom stereocenters. The summed E-state index contributed by atoms with van der Waals surface area (Å²) < 4.78 is 113. The van der Waals surface area contributed by atoms with Gasteiger partial charge in [-0.25, -0.2) is 0 Å². The highest BCUT2D eigenvalue weighted by Crippen LogP contribution is 2.49. The van der Waals surface area contributed by atoms with E-state index in [9.17, 15) is 9.59 Å². The molecule has 20 atom stereocenters. The maximum Gasteiger partial charge on any atom is 0.313 e. The number of hydrogen-bond acceptors (Lipinski definition) is 19. The molecule has 4 saturated heterocycles. The van der Waals surface area contributed by atoms with E-state index in [1.165, 1.54) is 7.11 Å². The van der Waals surface area contributed by atoms with Gasteiger partial charge in [0.15, 0.2) is 57.9 Å². The lowest BCUT2D eigenvalue weighted by atomic mass is 9.82. The molecule has 0 saturated carbocycles. The lowest BCUT2D eigenvalue weighted by molar-refractivity contribution is -0.331. The van der Waals surface area contributed by atoms with E-state index in [0.717, 1.165) is 65.0 Å². The Morgan fingerprint density at radius 3 is 1.45 bits per heavy atom. The summed E-state index contributed by atoms with van der Waals surface area (Å²) >= 11 is 0. The molecule has 3 aromatic rings. The first-order valence-electron chi connectivity index (χ1n) is 47.3. The minimum atomic E-state index is -2.68. The predicted molar refractivity (Wildman–Crippen MR) is 509 cm³/mol. The SMILES string of the molecule is CC[Si](CC)(O[C@H]1[C@@H](C)[C@H](C)OC(=O)C[C@H]2C[C@@H](CC[C@@H](O[Si](CC)(CC)C(C)C)[C@H]3C[C@@H](C[C@]4(OC)C[C@H](O[Si](CC)(CC)C(C)C)[C@@H](C(=O)OC)[C@H](C[C@@H](O[C@H]5C[C@@H](NC(=O)Cc6ccccc6)[C@H](O[Si](CC)(CC)C(C)C)[C@@H](C)O5)/C=C/C=C/C=C/C=C/C=C/C=C/C=C/[C@@H]1C)O4)OC(c1ccc(OC)cc1)O3)OC(c1ccc(OC)cc1)O2)C(C)C. The number of cyclic esters (lactones) is 1. The van der Waals surface area contributed by atoms with Crippen LogP contribution >= 0.6 is 0 Å². The van der Waals surface area contributed by atoms with Crippen LogP contribution in [0.5, 0.6) is 11.5 Å². The first-order chi connectivity index (χ1) is 59.9. The predicted octanol–water partition coefficient (Wildman–Crippen LogP) is 23.1. The summed E-state index contributed by atoms with van der Waals surface area (Å²) in [5.41, 5.74) is 3.56. The Kier molecular flexibility index (Phi) is 42.3. The molecule has 6 bridgehead atoms. The Morgan fingerprint density at radius 1 is 0.480 bits per heavy atom. The van der Waals surface area contributed by atoms with Crippen molar-refractivity contribution >= 4 is 51.1 Å². The number of benzene rings is 3. The standard InChI is InChI=1S/C101H159NO19Si4/c1-25-122(26-2,70(9)10)118-88-61-60-84-63-85(114-99(113-84)79-52-56-81(106-21)57-53-79)66-93(104)110-76(19)75(18)96(120-124(29-5,30-6)72(13)14)74(17)48-44-41-39-37-35-33-34-36-38-40-42-47-51-83(112-94-67-87(102-92(103)62-78-49-45-43-46-50-78)97(77(20)111-94)121-125(31-7,32-8)73(15)16)64-90-95(98(105)108-23)91(119-123(27-3,28-4)71(11)12)69-101(109-24,117-90)68-86-65-89(88)116-100(115-86)80-54-58-82(107-22)59-55-80/h33-59,70-77,83-91,94-97,99-100H,25-32,60-69H2,1-24H3,(H,102,103)/b34-33+,37-35+,38-36+,41-39+,42-40+,48-44+,51-47+/t74-,75-,76-,77+,83-,84+,85+,86-,87+,88+,89+,90-,91-,94-,95-,96+,97+,99?,100?,101+/m0/s1. The summed E-state index contributed by atoms with van der Waals surface area (Å²) in [6.45, 7) is 44.4. The van der Waals surface area contributed by atoms with Crippen LogP contribution < -0.4 is 14.8 Å². The molecule has 8 rings (SSSR count). The molecule has 1 N–H and O–H groups in total. The molecule has 125 heavy (non-hydrogen) atoms. The second-order valence-corrected chi connectivity index (χ2v) is 56.4. The van der Waals surface area contributed by atoms with Gasteiger partial charge in [0.25, 0.3) is 0 Å². The van der Waals surface area contributed by atoms with Gasteiger partial charge in [-0.3, -0.25) is 14.4 Å². The van der Waals surface area contributed by atoms with Gasteiger partial charge >= 0.3 is 11.9 Å². The summed E-state index contributed by atoms with van der Waals surface area (Å²) in [6, 6.07) is 31.9. The molecule has 24 heteroatoms. The highest BCUT2D eigenvalue weighted by Gasteiger charge is 2.57. The summed E-state index contributed by atoms with van der Waals surface area (Å²) in [5.74, 6) is -2.17. The number of methoxy groups -OCH3 is 4. The molecule has 1 amide bonds. The van der Waals surface area contributed by atoms with Crippen LogP contribution in [0, 0.1) is 17.8 Å². The first-order valence-corrected chi connectivity index (χ1v) is 56.9. The third kappa shape index (κ3) is 28.6. The molecule has 5 heterocycles. The Labute approximate surface area is 756 Å². The Bertz CT molecular complexity index is 3910. The zero-order valence-corrected chi connectivity index (χ0v) is 84.4. The molecular weight excluding hydrogens is 1640 g/mol. The summed E-state index contributed by atoms with van der Waals surface area (Å²) in [5, 5.41) is 3.45. The smallest absolute Gasteiger partial charge is 0.313 e. The molecule has 4 fully saturated rings. The van der Waals surface area contributed by atoms with Crippen molar-refractivity contribution in [1.29, 1.82) is 0 Å². The highest BCUT2D eigenvalue weighted by molar-refractivity contribution is 6.76. The fraction of sp³-hybridized carbons (Fsp3) is 0.653. The van der Waals surface area contributed by atoms with Crippen LogP contribution in [-0.2, 0) is 85.9 Å². The largest absolute Gasteiger partial charge is 0.497 e. The van der Waals surface area contributed by atoms with Gasteiger partial charge in [0.05, 0.1) is 107 Å². The van der Waals surface area contributed by atoms with E-state index in [2.05, 4.69) is 142 Å². The topological polar surface area (TPSA) is 211 Å². The van der Waals surface area contributed by atoms with E-state index >= 15 is 4.79 Å². The van der Waals surface area contributed by atoms with E-state index in [-0.39, 0.29) is 79.4 Å². The minimum Gasteiger partial charge on any atom is -0.497 e. The van der Waals surface area contributed by atoms with Crippen LogP contribution in [0.3, 0.4) is 0 Å². The van der Waals surface area contributed by atoms with Gasteiger partial charge in [-0.05, 0) is 133 Å². The van der Waals surface area contributed by atoms with Crippen LogP contribution in [0.2, 0.25) is 70.5 Å². The normalized spacial score (nSPS) is 31.4. The molecule has 5 aliphatic rings. The third-order valence-electron chi connectivity index (χ3n) is 28.3. The van der Waals surface area contributed by atoms with Crippen LogP contribution in [0.1, 0.15) is 226 Å². The monoisotopic (exact) mass is 1800 g/mol. The van der Waals surface area contributed by atoms with E-state index < -0.39 is 143 Å². The summed E-state index contributed by atoms with van der Waals surface area (Å²) in [7, 11) is -3.49. The van der Waals surface area contributed by atoms with Crippen molar-refractivity contribution < 1.29 is 88.9 Å². The van der Waals surface area contributed by atoms with Crippen LogP contribution in [0.4, 0.5) is 0 Å². The van der Waals surface area contributed by atoms with Gasteiger partial charge in [0.2, 0.25) is 5.91 Å². The van der Waals surface area contributed by atoms with Crippen LogP contribution in [-0.4, -0.2) is 171 Å². The highest BCUT2D eigenvalue weighted by atomic mass is 28.4. The number of esters is 2. The Balaban J connectivity index is 1.28. The van der Waals surface area contributed by atoms with E-state index in [0.29, 0.717) is 48.3 Å². The maximum atomic E-state index is 15.3. The fourth-order valence-electron chi connectivity index (χ4n) is 19.6. The van der Waals surface area contributed by atoms with Crippen molar-refractivity contribution in [3.63, 3.8) is 0 Å². The average molecular weight is 1800 g/mol. The molecule has 0 radical (unpaired) electrons. The van der Waals surface area contributed by atoms with Crippen LogP contribution in [0.15, 0.2) is 164 Å². The second kappa shape index (κ2) is 50.6. The average Bonchev–Trinajstić information content (AvgIpc) is 0.756. The van der Waals surface area contributed by atoms with Crippen molar-refractivity contribution in [3.8, 4) is 11.5 Å². The van der Waals surface area contributed by atoms with Gasteiger partial charge in [-0.2, -0.15) is 0 Å². The van der Waals surface area contributed by atoms with Gasteiger partial charge in [-0.1, -0.05) is 264 Å². The lowest BCUT2D eigenvalue weighted by Crippen LogP contribution is -2.61. The van der Waals surface area contributed by atoms with Gasteiger partial charge in [0, 0.05) is 62.7 Å². The number of allylic oxidation sites excluding steroid dienone is 12. The van der Waals surface area contributed by atoms with Gasteiger partial charge < -0.3 is 79.9 Å². The van der Waals surface area contributed by atoms with Crippen molar-refractivity contribution in [1.82, 2.24) is 5.32 Å².